The van der Waals surface area contributed by atoms with E-state index >= 15 is 0 Å². The van der Waals surface area contributed by atoms with Crippen LogP contribution in [0.5, 0.6) is 5.75 Å². The molecule has 0 heterocycles. The van der Waals surface area contributed by atoms with Crippen molar-refractivity contribution in [2.45, 2.75) is 76.0 Å². The highest BCUT2D eigenvalue weighted by molar-refractivity contribution is 5.97. The zero-order chi connectivity index (χ0) is 27.4. The maximum atomic E-state index is 14.1. The van der Waals surface area contributed by atoms with Gasteiger partial charge in [0, 0.05) is 11.3 Å². The minimum atomic E-state index is -4.79. The third-order valence-electron chi connectivity index (χ3n) is 7.10. The normalized spacial score (nSPS) is 16.5. The quantitative estimate of drug-likeness (QED) is 0.378. The molecular formula is C28H32F4N2O3. The molecule has 0 radical (unpaired) electrons. The number of rotatable bonds is 8. The van der Waals surface area contributed by atoms with Crippen molar-refractivity contribution in [3.8, 4) is 11.8 Å². The Kier molecular flexibility index (Phi) is 8.53. The number of nitriles is 1. The molecule has 2 N–H and O–H groups in total. The first-order valence-corrected chi connectivity index (χ1v) is 12.3. The van der Waals surface area contributed by atoms with Crippen molar-refractivity contribution in [1.29, 1.82) is 5.26 Å². The molecule has 0 spiro atoms. The molecule has 1 aliphatic rings. The molecule has 1 unspecified atom stereocenters. The fourth-order valence-electron chi connectivity index (χ4n) is 5.35. The van der Waals surface area contributed by atoms with Crippen LogP contribution in [0.3, 0.4) is 0 Å². The Morgan fingerprint density at radius 3 is 2.38 bits per heavy atom. The van der Waals surface area contributed by atoms with Crippen molar-refractivity contribution >= 4 is 11.6 Å². The van der Waals surface area contributed by atoms with Gasteiger partial charge < -0.3 is 15.2 Å². The molecule has 0 saturated heterocycles. The zero-order valence-corrected chi connectivity index (χ0v) is 21.2. The lowest BCUT2D eigenvalue weighted by atomic mass is 9.70. The summed E-state index contributed by atoms with van der Waals surface area (Å²) in [7, 11) is 1.44. The SMILES string of the molecule is COc1ccc(F)cc1C(C)(C)CC(O)(CC1CCCCC1)C(=O)Nc1ccc(C#N)c(C(F)(F)F)c1. The summed E-state index contributed by atoms with van der Waals surface area (Å²) < 4.78 is 59.9. The van der Waals surface area contributed by atoms with Gasteiger partial charge in [0.05, 0.1) is 24.3 Å². The van der Waals surface area contributed by atoms with Gasteiger partial charge in [0.1, 0.15) is 17.2 Å². The lowest BCUT2D eigenvalue weighted by molar-refractivity contribution is -0.139. The standard InChI is InChI=1S/C28H32F4N2O3/c1-26(2,23-13-20(29)10-12-24(23)37-3)17-27(36,15-18-7-5-4-6-8-18)25(35)34-21-11-9-19(16-33)22(14-21)28(30,31)32/h9-14,18,36H,4-8,15,17H2,1-3H3,(H,34,35). The predicted octanol–water partition coefficient (Wildman–Crippen LogP) is 6.73. The maximum Gasteiger partial charge on any atom is 0.417 e. The van der Waals surface area contributed by atoms with Gasteiger partial charge in [-0.25, -0.2) is 4.39 Å². The van der Waals surface area contributed by atoms with Crippen LogP contribution in [0.15, 0.2) is 36.4 Å². The molecule has 1 fully saturated rings. The number of aliphatic hydroxyl groups is 1. The largest absolute Gasteiger partial charge is 0.496 e. The molecular weight excluding hydrogens is 488 g/mol. The van der Waals surface area contributed by atoms with Crippen molar-refractivity contribution in [3.05, 3.63) is 58.9 Å². The number of hydrogen-bond donors (Lipinski definition) is 2. The number of alkyl halides is 3. The Balaban J connectivity index is 1.97. The van der Waals surface area contributed by atoms with Gasteiger partial charge in [-0.15, -0.1) is 0 Å². The molecule has 2 aromatic carbocycles. The molecule has 2 aromatic rings. The first-order chi connectivity index (χ1) is 17.3. The van der Waals surface area contributed by atoms with Crippen molar-refractivity contribution in [3.63, 3.8) is 0 Å². The second kappa shape index (κ2) is 11.1. The topological polar surface area (TPSA) is 82.3 Å². The number of methoxy groups -OCH3 is 1. The van der Waals surface area contributed by atoms with Crippen molar-refractivity contribution in [1.82, 2.24) is 0 Å². The smallest absolute Gasteiger partial charge is 0.417 e. The number of hydrogen-bond acceptors (Lipinski definition) is 4. The lowest BCUT2D eigenvalue weighted by Gasteiger charge is -2.39. The number of anilines is 1. The van der Waals surface area contributed by atoms with Gasteiger partial charge in [-0.2, -0.15) is 18.4 Å². The van der Waals surface area contributed by atoms with E-state index in [1.165, 1.54) is 37.4 Å². The monoisotopic (exact) mass is 520 g/mol. The summed E-state index contributed by atoms with van der Waals surface area (Å²) >= 11 is 0. The molecule has 1 atom stereocenters. The van der Waals surface area contributed by atoms with Crippen molar-refractivity contribution in [2.75, 3.05) is 12.4 Å². The second-order valence-corrected chi connectivity index (χ2v) is 10.5. The van der Waals surface area contributed by atoms with E-state index in [2.05, 4.69) is 5.32 Å². The molecule has 9 heteroatoms. The van der Waals surface area contributed by atoms with E-state index in [9.17, 15) is 27.5 Å². The van der Waals surface area contributed by atoms with E-state index in [-0.39, 0.29) is 24.4 Å². The molecule has 1 amide bonds. The third-order valence-corrected chi connectivity index (χ3v) is 7.10. The summed E-state index contributed by atoms with van der Waals surface area (Å²) in [5.74, 6) is -0.893. The van der Waals surface area contributed by atoms with Crippen LogP contribution < -0.4 is 10.1 Å². The summed E-state index contributed by atoms with van der Waals surface area (Å²) in [6.45, 7) is 3.51. The van der Waals surface area contributed by atoms with Gasteiger partial charge in [0.15, 0.2) is 0 Å². The Morgan fingerprint density at radius 1 is 1.11 bits per heavy atom. The number of nitrogens with zero attached hydrogens (tertiary/aromatic N) is 1. The average molecular weight is 521 g/mol. The Labute approximate surface area is 214 Å². The summed E-state index contributed by atoms with van der Waals surface area (Å²) in [6, 6.07) is 8.41. The number of ether oxygens (including phenoxy) is 1. The first-order valence-electron chi connectivity index (χ1n) is 12.3. The van der Waals surface area contributed by atoms with Crippen LogP contribution in [0.1, 0.15) is 75.5 Å². The van der Waals surface area contributed by atoms with E-state index in [0.29, 0.717) is 17.4 Å². The van der Waals surface area contributed by atoms with Gasteiger partial charge in [-0.1, -0.05) is 46.0 Å². The van der Waals surface area contributed by atoms with Crippen molar-refractivity contribution < 1.29 is 32.2 Å². The van der Waals surface area contributed by atoms with Gasteiger partial charge in [0.25, 0.3) is 5.91 Å². The molecule has 0 bridgehead atoms. The number of carbonyl (C=O) groups excluding carboxylic acids is 1. The lowest BCUT2D eigenvalue weighted by Crippen LogP contribution is -2.48. The fourth-order valence-corrected chi connectivity index (χ4v) is 5.35. The minimum Gasteiger partial charge on any atom is -0.496 e. The molecule has 0 aromatic heterocycles. The second-order valence-electron chi connectivity index (χ2n) is 10.5. The summed E-state index contributed by atoms with van der Waals surface area (Å²) in [4.78, 5) is 13.5. The predicted molar refractivity (Wildman–Crippen MR) is 132 cm³/mol. The van der Waals surface area contributed by atoms with Crippen LogP contribution in [-0.2, 0) is 16.4 Å². The summed E-state index contributed by atoms with van der Waals surface area (Å²) in [6.07, 6.45) is -0.142. The average Bonchev–Trinajstić information content (AvgIpc) is 2.83. The van der Waals surface area contributed by atoms with E-state index in [0.717, 1.165) is 38.2 Å². The van der Waals surface area contributed by atoms with Gasteiger partial charge in [-0.3, -0.25) is 4.79 Å². The van der Waals surface area contributed by atoms with Crippen LogP contribution in [0, 0.1) is 23.1 Å². The van der Waals surface area contributed by atoms with Crippen molar-refractivity contribution in [2.24, 2.45) is 5.92 Å². The first kappa shape index (κ1) is 28.5. The Morgan fingerprint density at radius 2 is 1.78 bits per heavy atom. The molecule has 0 aliphatic heterocycles. The minimum absolute atomic E-state index is 0.0569. The van der Waals surface area contributed by atoms with E-state index in [4.69, 9.17) is 10.00 Å². The van der Waals surface area contributed by atoms with Crippen LogP contribution in [-0.4, -0.2) is 23.7 Å². The number of benzene rings is 2. The number of nitrogens with one attached hydrogen (secondary N) is 1. The van der Waals surface area contributed by atoms with Crippen LogP contribution >= 0.6 is 0 Å². The Hall–Kier alpha value is -3.12. The molecule has 1 aliphatic carbocycles. The Bertz CT molecular complexity index is 1170. The fraction of sp³-hybridized carbons (Fsp3) is 0.500. The van der Waals surface area contributed by atoms with E-state index in [1.54, 1.807) is 13.8 Å². The number of amides is 1. The molecule has 3 rings (SSSR count). The third kappa shape index (κ3) is 6.80. The van der Waals surface area contributed by atoms with Gasteiger partial charge in [0.2, 0.25) is 0 Å². The molecule has 37 heavy (non-hydrogen) atoms. The summed E-state index contributed by atoms with van der Waals surface area (Å²) in [5, 5.41) is 23.3. The highest BCUT2D eigenvalue weighted by Crippen LogP contribution is 2.42. The molecule has 1 saturated carbocycles. The van der Waals surface area contributed by atoms with Gasteiger partial charge in [-0.05, 0) is 60.6 Å². The zero-order valence-electron chi connectivity index (χ0n) is 21.2. The van der Waals surface area contributed by atoms with Crippen LogP contribution in [0.4, 0.5) is 23.2 Å². The molecule has 5 nitrogen and oxygen atoms in total. The van der Waals surface area contributed by atoms with Crippen LogP contribution in [0.25, 0.3) is 0 Å². The van der Waals surface area contributed by atoms with Crippen LogP contribution in [0.2, 0.25) is 0 Å². The highest BCUT2D eigenvalue weighted by Gasteiger charge is 2.44. The van der Waals surface area contributed by atoms with Gasteiger partial charge >= 0.3 is 6.18 Å². The summed E-state index contributed by atoms with van der Waals surface area (Å²) in [5.41, 5.74) is -4.36. The maximum absolute atomic E-state index is 14.1. The van der Waals surface area contributed by atoms with E-state index < -0.39 is 40.0 Å². The highest BCUT2D eigenvalue weighted by atomic mass is 19.4. The number of halogens is 4. The molecule has 200 valence electrons. The number of carbonyl (C=O) groups is 1. The van der Waals surface area contributed by atoms with E-state index in [1.807, 2.05) is 0 Å².